The molecule has 7 nitrogen and oxygen atoms in total. The molecule has 0 saturated carbocycles. The van der Waals surface area contributed by atoms with E-state index in [0.29, 0.717) is 16.5 Å². The summed E-state index contributed by atoms with van der Waals surface area (Å²) in [5.74, 6) is 0.665. The third-order valence-corrected chi connectivity index (χ3v) is 3.94. The van der Waals surface area contributed by atoms with Crippen molar-refractivity contribution in [3.05, 3.63) is 64.9 Å². The molecular weight excluding hydrogens is 340 g/mol. The fourth-order valence-electron chi connectivity index (χ4n) is 2.38. The number of carbonyl (C=O) groups is 1. The molecule has 2 aromatic carbocycles. The summed E-state index contributed by atoms with van der Waals surface area (Å²) in [6.45, 7) is 3.71. The van der Waals surface area contributed by atoms with E-state index >= 15 is 0 Å². The van der Waals surface area contributed by atoms with Crippen LogP contribution in [-0.2, 0) is 0 Å². The zero-order chi connectivity index (χ0) is 17.8. The van der Waals surface area contributed by atoms with Crippen LogP contribution in [0.15, 0.2) is 48.5 Å². The largest absolute Gasteiger partial charge is 0.331 e. The third kappa shape index (κ3) is 4.13. The van der Waals surface area contributed by atoms with Crippen molar-refractivity contribution in [1.29, 1.82) is 0 Å². The van der Waals surface area contributed by atoms with Gasteiger partial charge in [0.2, 0.25) is 0 Å². The Kier molecular flexibility index (Phi) is 4.95. The number of carbonyl (C=O) groups excluding carboxylic acids is 1. The molecule has 0 radical (unpaired) electrons. The molecule has 0 fully saturated rings. The number of hydrogen-bond donors (Lipinski definition) is 2. The van der Waals surface area contributed by atoms with E-state index in [1.54, 1.807) is 35.9 Å². The molecule has 1 heterocycles. The maximum atomic E-state index is 12.2. The van der Waals surface area contributed by atoms with E-state index < -0.39 is 0 Å². The fourth-order valence-corrected chi connectivity index (χ4v) is 2.51. The predicted molar refractivity (Wildman–Crippen MR) is 95.9 cm³/mol. The molecular formula is C17H17ClN6O. The van der Waals surface area contributed by atoms with Crippen molar-refractivity contribution in [3.63, 3.8) is 0 Å². The van der Waals surface area contributed by atoms with Gasteiger partial charge in [0.1, 0.15) is 0 Å². The molecule has 2 N–H and O–H groups in total. The quantitative estimate of drug-likeness (QED) is 0.749. The number of aryl methyl sites for hydroxylation is 1. The molecule has 1 aromatic heterocycles. The maximum absolute atomic E-state index is 12.2. The monoisotopic (exact) mass is 356 g/mol. The van der Waals surface area contributed by atoms with Crippen LogP contribution in [0.25, 0.3) is 5.69 Å². The summed E-state index contributed by atoms with van der Waals surface area (Å²) in [5, 5.41) is 17.8. The molecule has 0 saturated heterocycles. The lowest BCUT2D eigenvalue weighted by Gasteiger charge is -2.15. The summed E-state index contributed by atoms with van der Waals surface area (Å²) in [5.41, 5.74) is 2.39. The minimum Gasteiger partial charge on any atom is -0.331 e. The summed E-state index contributed by atoms with van der Waals surface area (Å²) in [7, 11) is 0. The number of tetrazole rings is 1. The van der Waals surface area contributed by atoms with Gasteiger partial charge in [0.25, 0.3) is 0 Å². The first-order valence-electron chi connectivity index (χ1n) is 7.71. The molecule has 2 amide bonds. The smallest absolute Gasteiger partial charge is 0.319 e. The number of urea groups is 1. The second-order valence-electron chi connectivity index (χ2n) is 5.56. The van der Waals surface area contributed by atoms with E-state index in [9.17, 15) is 4.79 Å². The Bertz CT molecular complexity index is 877. The average molecular weight is 357 g/mol. The third-order valence-electron chi connectivity index (χ3n) is 3.69. The molecule has 128 valence electrons. The van der Waals surface area contributed by atoms with Crippen LogP contribution < -0.4 is 10.6 Å². The lowest BCUT2D eigenvalue weighted by Crippen LogP contribution is -2.31. The van der Waals surface area contributed by atoms with Crippen molar-refractivity contribution in [2.24, 2.45) is 0 Å². The van der Waals surface area contributed by atoms with Crippen molar-refractivity contribution in [3.8, 4) is 5.69 Å². The Labute approximate surface area is 150 Å². The molecule has 0 aliphatic carbocycles. The lowest BCUT2D eigenvalue weighted by atomic mass is 10.1. The van der Waals surface area contributed by atoms with Crippen LogP contribution in [0.3, 0.4) is 0 Å². The Morgan fingerprint density at radius 3 is 2.64 bits per heavy atom. The fraction of sp³-hybridized carbons (Fsp3) is 0.176. The Balaban J connectivity index is 1.67. The van der Waals surface area contributed by atoms with Crippen LogP contribution in [0.1, 0.15) is 24.4 Å². The summed E-state index contributed by atoms with van der Waals surface area (Å²) >= 11 is 5.88. The van der Waals surface area contributed by atoms with Crippen LogP contribution in [0.4, 0.5) is 10.5 Å². The molecule has 1 atom stereocenters. The topological polar surface area (TPSA) is 84.7 Å². The number of nitrogens with zero attached hydrogens (tertiary/aromatic N) is 4. The minimum absolute atomic E-state index is 0.151. The van der Waals surface area contributed by atoms with Gasteiger partial charge in [0.15, 0.2) is 5.82 Å². The highest BCUT2D eigenvalue weighted by molar-refractivity contribution is 6.30. The first-order chi connectivity index (χ1) is 12.0. The Morgan fingerprint density at radius 1 is 1.20 bits per heavy atom. The summed E-state index contributed by atoms with van der Waals surface area (Å²) in [6.07, 6.45) is 0. The van der Waals surface area contributed by atoms with Gasteiger partial charge in [-0.05, 0) is 60.2 Å². The van der Waals surface area contributed by atoms with Gasteiger partial charge in [-0.15, -0.1) is 5.10 Å². The highest BCUT2D eigenvalue weighted by atomic mass is 35.5. The predicted octanol–water partition coefficient (Wildman–Crippen LogP) is 3.51. The molecule has 0 unspecified atom stereocenters. The molecule has 3 aromatic rings. The highest BCUT2D eigenvalue weighted by Gasteiger charge is 2.10. The number of benzene rings is 2. The van der Waals surface area contributed by atoms with Crippen molar-refractivity contribution in [1.82, 2.24) is 25.5 Å². The number of anilines is 1. The molecule has 0 spiro atoms. The molecule has 0 aliphatic heterocycles. The Hall–Kier alpha value is -2.93. The lowest BCUT2D eigenvalue weighted by molar-refractivity contribution is 0.249. The van der Waals surface area contributed by atoms with Crippen molar-refractivity contribution < 1.29 is 4.79 Å². The average Bonchev–Trinajstić information content (AvgIpc) is 3.01. The number of hydrogen-bond acceptors (Lipinski definition) is 4. The first-order valence-corrected chi connectivity index (χ1v) is 8.09. The normalized spacial score (nSPS) is 11.8. The number of halogens is 1. The van der Waals surface area contributed by atoms with Crippen molar-refractivity contribution >= 4 is 23.3 Å². The summed E-state index contributed by atoms with van der Waals surface area (Å²) < 4.78 is 1.60. The van der Waals surface area contributed by atoms with Gasteiger partial charge in [0, 0.05) is 10.7 Å². The van der Waals surface area contributed by atoms with Crippen LogP contribution in [-0.4, -0.2) is 26.2 Å². The van der Waals surface area contributed by atoms with E-state index in [1.807, 2.05) is 31.2 Å². The highest BCUT2D eigenvalue weighted by Crippen LogP contribution is 2.17. The number of rotatable bonds is 4. The molecule has 3 rings (SSSR count). The second-order valence-corrected chi connectivity index (χ2v) is 6.00. The van der Waals surface area contributed by atoms with E-state index in [0.717, 1.165) is 11.3 Å². The zero-order valence-electron chi connectivity index (χ0n) is 13.8. The second kappa shape index (κ2) is 7.31. The zero-order valence-corrected chi connectivity index (χ0v) is 14.5. The standard InChI is InChI=1S/C17H17ClN6O/c1-11(13-6-8-14(18)9-7-13)19-17(25)20-15-4-3-5-16(10-15)24-12(2)21-22-23-24/h3-11H,1-2H3,(H2,19,20,25)/t11-/m0/s1. The van der Waals surface area contributed by atoms with Gasteiger partial charge in [-0.3, -0.25) is 0 Å². The number of nitrogens with one attached hydrogen (secondary N) is 2. The maximum Gasteiger partial charge on any atom is 0.319 e. The van der Waals surface area contributed by atoms with Crippen LogP contribution in [0.2, 0.25) is 5.02 Å². The van der Waals surface area contributed by atoms with Gasteiger partial charge < -0.3 is 10.6 Å². The van der Waals surface area contributed by atoms with E-state index in [2.05, 4.69) is 26.2 Å². The van der Waals surface area contributed by atoms with Gasteiger partial charge in [0.05, 0.1) is 11.7 Å². The summed E-state index contributed by atoms with van der Waals surface area (Å²) in [4.78, 5) is 12.2. The molecule has 8 heteroatoms. The Morgan fingerprint density at radius 2 is 1.96 bits per heavy atom. The minimum atomic E-state index is -0.298. The van der Waals surface area contributed by atoms with Gasteiger partial charge in [-0.2, -0.15) is 4.68 Å². The molecule has 25 heavy (non-hydrogen) atoms. The van der Waals surface area contributed by atoms with Crippen LogP contribution >= 0.6 is 11.6 Å². The van der Waals surface area contributed by atoms with Crippen LogP contribution in [0.5, 0.6) is 0 Å². The van der Waals surface area contributed by atoms with E-state index in [4.69, 9.17) is 11.6 Å². The number of aromatic nitrogens is 4. The van der Waals surface area contributed by atoms with Crippen molar-refractivity contribution in [2.45, 2.75) is 19.9 Å². The number of amides is 2. The van der Waals surface area contributed by atoms with Gasteiger partial charge >= 0.3 is 6.03 Å². The van der Waals surface area contributed by atoms with Gasteiger partial charge in [-0.1, -0.05) is 29.8 Å². The van der Waals surface area contributed by atoms with Crippen molar-refractivity contribution in [2.75, 3.05) is 5.32 Å². The van der Waals surface area contributed by atoms with E-state index in [1.165, 1.54) is 0 Å². The van der Waals surface area contributed by atoms with Crippen LogP contribution in [0, 0.1) is 6.92 Å². The van der Waals surface area contributed by atoms with Gasteiger partial charge in [-0.25, -0.2) is 4.79 Å². The molecule has 0 aliphatic rings. The SMILES string of the molecule is Cc1nnnn1-c1cccc(NC(=O)N[C@@H](C)c2ccc(Cl)cc2)c1. The first kappa shape index (κ1) is 16.9. The molecule has 0 bridgehead atoms. The summed E-state index contributed by atoms with van der Waals surface area (Å²) in [6, 6.07) is 14.2. The van der Waals surface area contributed by atoms with E-state index in [-0.39, 0.29) is 12.1 Å².